The number of nitrogens with zero attached hydrogens (tertiary/aromatic N) is 1. The molecule has 1 atom stereocenters. The maximum absolute atomic E-state index is 12.9. The molecule has 0 bridgehead atoms. The zero-order valence-electron chi connectivity index (χ0n) is 13.7. The molecular weight excluding hydrogens is 296 g/mol. The van der Waals surface area contributed by atoms with Crippen LogP contribution >= 0.6 is 0 Å². The number of rotatable bonds is 3. The summed E-state index contributed by atoms with van der Waals surface area (Å²) in [5.41, 5.74) is -0.584. The third kappa shape index (κ3) is 2.79. The van der Waals surface area contributed by atoms with Crippen molar-refractivity contribution in [2.75, 3.05) is 19.8 Å². The normalized spacial score (nSPS) is 23.7. The standard InChI is InChI=1S/C17H22N2O4/c1-16(2,3)23-11-9-19-14(20)17(18-15(19)21)8-10-22-13-7-5-4-6-12(13)17/h4-7H,8-11H2,1-3H3,(H,18,21). The first-order valence-corrected chi connectivity index (χ1v) is 7.84. The van der Waals surface area contributed by atoms with E-state index in [2.05, 4.69) is 5.32 Å². The summed E-state index contributed by atoms with van der Waals surface area (Å²) >= 11 is 0. The lowest BCUT2D eigenvalue weighted by molar-refractivity contribution is -0.133. The fourth-order valence-electron chi connectivity index (χ4n) is 3.02. The Balaban J connectivity index is 1.82. The first kappa shape index (κ1) is 15.8. The molecule has 3 rings (SSSR count). The third-order valence-corrected chi connectivity index (χ3v) is 4.11. The average Bonchev–Trinajstić information content (AvgIpc) is 2.72. The summed E-state index contributed by atoms with van der Waals surface area (Å²) in [6.07, 6.45) is 0.436. The zero-order valence-corrected chi connectivity index (χ0v) is 13.7. The quantitative estimate of drug-likeness (QED) is 0.866. The molecule has 6 heteroatoms. The van der Waals surface area contributed by atoms with E-state index in [-0.39, 0.29) is 24.1 Å². The second kappa shape index (κ2) is 5.53. The number of hydrogen-bond acceptors (Lipinski definition) is 4. The van der Waals surface area contributed by atoms with E-state index in [0.29, 0.717) is 25.4 Å². The number of ether oxygens (including phenoxy) is 2. The van der Waals surface area contributed by atoms with Gasteiger partial charge in [-0.15, -0.1) is 0 Å². The number of imide groups is 1. The Bertz CT molecular complexity index is 638. The van der Waals surface area contributed by atoms with Gasteiger partial charge in [-0.2, -0.15) is 0 Å². The van der Waals surface area contributed by atoms with Crippen LogP contribution in [0.5, 0.6) is 5.75 Å². The summed E-state index contributed by atoms with van der Waals surface area (Å²) in [6, 6.07) is 6.99. The number of urea groups is 1. The van der Waals surface area contributed by atoms with Crippen molar-refractivity contribution in [2.24, 2.45) is 0 Å². The van der Waals surface area contributed by atoms with E-state index in [9.17, 15) is 9.59 Å². The molecule has 1 fully saturated rings. The lowest BCUT2D eigenvalue weighted by Crippen LogP contribution is -2.47. The second-order valence-corrected chi connectivity index (χ2v) is 6.85. The summed E-state index contributed by atoms with van der Waals surface area (Å²) in [5, 5.41) is 2.87. The van der Waals surface area contributed by atoms with Gasteiger partial charge < -0.3 is 14.8 Å². The Kier molecular flexibility index (Phi) is 3.80. The summed E-state index contributed by atoms with van der Waals surface area (Å²) in [7, 11) is 0. The molecular formula is C17H22N2O4. The van der Waals surface area contributed by atoms with Crippen molar-refractivity contribution < 1.29 is 19.1 Å². The Labute approximate surface area is 135 Å². The van der Waals surface area contributed by atoms with Crippen molar-refractivity contribution in [1.29, 1.82) is 0 Å². The summed E-state index contributed by atoms with van der Waals surface area (Å²) in [4.78, 5) is 26.5. The predicted molar refractivity (Wildman–Crippen MR) is 84.2 cm³/mol. The van der Waals surface area contributed by atoms with Crippen molar-refractivity contribution in [3.05, 3.63) is 29.8 Å². The molecule has 2 aliphatic rings. The van der Waals surface area contributed by atoms with Gasteiger partial charge in [-0.1, -0.05) is 18.2 Å². The predicted octanol–water partition coefficient (Wildman–Crippen LogP) is 2.03. The lowest BCUT2D eigenvalue weighted by atomic mass is 9.84. The van der Waals surface area contributed by atoms with E-state index in [1.54, 1.807) is 0 Å². The van der Waals surface area contributed by atoms with E-state index >= 15 is 0 Å². The van der Waals surface area contributed by atoms with Crippen LogP contribution < -0.4 is 10.1 Å². The Morgan fingerprint density at radius 2 is 2.04 bits per heavy atom. The molecule has 6 nitrogen and oxygen atoms in total. The van der Waals surface area contributed by atoms with Crippen molar-refractivity contribution in [1.82, 2.24) is 10.2 Å². The molecule has 1 unspecified atom stereocenters. The minimum absolute atomic E-state index is 0.226. The smallest absolute Gasteiger partial charge is 0.325 e. The van der Waals surface area contributed by atoms with Gasteiger partial charge in [0.05, 0.1) is 25.4 Å². The summed E-state index contributed by atoms with van der Waals surface area (Å²) < 4.78 is 11.2. The molecule has 0 radical (unpaired) electrons. The van der Waals surface area contributed by atoms with Crippen LogP contribution in [-0.2, 0) is 15.1 Å². The van der Waals surface area contributed by atoms with Gasteiger partial charge in [0.25, 0.3) is 5.91 Å². The number of amides is 3. The van der Waals surface area contributed by atoms with E-state index in [4.69, 9.17) is 9.47 Å². The fourth-order valence-corrected chi connectivity index (χ4v) is 3.02. The number of para-hydroxylation sites is 1. The number of carbonyl (C=O) groups is 2. The molecule has 0 aliphatic carbocycles. The van der Waals surface area contributed by atoms with Crippen LogP contribution in [-0.4, -0.2) is 42.2 Å². The van der Waals surface area contributed by atoms with E-state index in [1.807, 2.05) is 45.0 Å². The number of benzene rings is 1. The molecule has 0 saturated carbocycles. The summed E-state index contributed by atoms with van der Waals surface area (Å²) in [5.74, 6) is 0.427. The van der Waals surface area contributed by atoms with E-state index in [1.165, 1.54) is 4.90 Å². The molecule has 1 spiro atoms. The highest BCUT2D eigenvalue weighted by atomic mass is 16.5. The van der Waals surface area contributed by atoms with Crippen molar-refractivity contribution in [3.8, 4) is 5.75 Å². The van der Waals surface area contributed by atoms with Crippen LogP contribution in [0.1, 0.15) is 32.8 Å². The van der Waals surface area contributed by atoms with Gasteiger partial charge in [-0.3, -0.25) is 9.69 Å². The molecule has 0 aromatic heterocycles. The van der Waals surface area contributed by atoms with Gasteiger partial charge in [0.2, 0.25) is 0 Å². The molecule has 2 aliphatic heterocycles. The molecule has 2 heterocycles. The Morgan fingerprint density at radius 3 is 2.78 bits per heavy atom. The molecule has 1 aromatic carbocycles. The average molecular weight is 318 g/mol. The van der Waals surface area contributed by atoms with Crippen molar-refractivity contribution in [3.63, 3.8) is 0 Å². The maximum atomic E-state index is 12.9. The van der Waals surface area contributed by atoms with Crippen LogP contribution in [0.4, 0.5) is 4.79 Å². The fraction of sp³-hybridized carbons (Fsp3) is 0.529. The second-order valence-electron chi connectivity index (χ2n) is 6.85. The van der Waals surface area contributed by atoms with Gasteiger partial charge in [0.1, 0.15) is 5.75 Å². The first-order valence-electron chi connectivity index (χ1n) is 7.84. The van der Waals surface area contributed by atoms with Crippen LogP contribution in [0, 0.1) is 0 Å². The number of hydrogen-bond donors (Lipinski definition) is 1. The molecule has 1 saturated heterocycles. The highest BCUT2D eigenvalue weighted by Crippen LogP contribution is 2.40. The van der Waals surface area contributed by atoms with Gasteiger partial charge in [-0.05, 0) is 26.8 Å². The maximum Gasteiger partial charge on any atom is 0.325 e. The lowest BCUT2D eigenvalue weighted by Gasteiger charge is -2.33. The molecule has 1 N–H and O–H groups in total. The van der Waals surface area contributed by atoms with E-state index < -0.39 is 5.54 Å². The molecule has 3 amide bonds. The zero-order chi connectivity index (χ0) is 16.7. The molecule has 1 aromatic rings. The monoisotopic (exact) mass is 318 g/mol. The largest absolute Gasteiger partial charge is 0.493 e. The number of nitrogens with one attached hydrogen (secondary N) is 1. The third-order valence-electron chi connectivity index (χ3n) is 4.11. The van der Waals surface area contributed by atoms with Crippen molar-refractivity contribution >= 4 is 11.9 Å². The van der Waals surface area contributed by atoms with Gasteiger partial charge in [0.15, 0.2) is 5.54 Å². The molecule has 23 heavy (non-hydrogen) atoms. The molecule has 124 valence electrons. The number of carbonyl (C=O) groups excluding carboxylic acids is 2. The van der Waals surface area contributed by atoms with Crippen LogP contribution in [0.15, 0.2) is 24.3 Å². The minimum atomic E-state index is -1.01. The van der Waals surface area contributed by atoms with E-state index in [0.717, 1.165) is 5.56 Å². The van der Waals surface area contributed by atoms with Crippen molar-refractivity contribution in [2.45, 2.75) is 38.3 Å². The Morgan fingerprint density at radius 1 is 1.30 bits per heavy atom. The highest BCUT2D eigenvalue weighted by Gasteiger charge is 2.54. The SMILES string of the molecule is CC(C)(C)OCCN1C(=O)NC2(CCOc3ccccc32)C1=O. The van der Waals surface area contributed by atoms with Crippen LogP contribution in [0.2, 0.25) is 0 Å². The van der Waals surface area contributed by atoms with Gasteiger partial charge >= 0.3 is 6.03 Å². The van der Waals surface area contributed by atoms with Gasteiger partial charge in [-0.25, -0.2) is 4.79 Å². The Hall–Kier alpha value is -2.08. The van der Waals surface area contributed by atoms with Gasteiger partial charge in [0, 0.05) is 12.0 Å². The van der Waals surface area contributed by atoms with Crippen LogP contribution in [0.25, 0.3) is 0 Å². The first-order chi connectivity index (χ1) is 10.8. The topological polar surface area (TPSA) is 67.9 Å². The number of fused-ring (bicyclic) bond motifs is 2. The van der Waals surface area contributed by atoms with Crippen LogP contribution in [0.3, 0.4) is 0 Å². The summed E-state index contributed by atoms with van der Waals surface area (Å²) in [6.45, 7) is 6.78. The minimum Gasteiger partial charge on any atom is -0.493 e. The highest BCUT2D eigenvalue weighted by molar-refractivity contribution is 6.07.